The largest absolute Gasteiger partial charge is 0.481 e. The average molecular weight is 330 g/mol. The number of nitrogens with zero attached hydrogens (tertiary/aromatic N) is 2. The van der Waals surface area contributed by atoms with Gasteiger partial charge in [0.15, 0.2) is 0 Å². The molecule has 3 atom stereocenters. The molecule has 0 aromatic heterocycles. The van der Waals surface area contributed by atoms with E-state index in [1.54, 1.807) is 16.8 Å². The molecule has 2 amide bonds. The quantitative estimate of drug-likeness (QED) is 0.903. The number of carboxylic acid groups (broad SMARTS) is 1. The van der Waals surface area contributed by atoms with E-state index in [1.165, 1.54) is 0 Å². The van der Waals surface area contributed by atoms with Crippen LogP contribution in [-0.2, 0) is 14.4 Å². The summed E-state index contributed by atoms with van der Waals surface area (Å²) in [4.78, 5) is 39.5. The highest BCUT2D eigenvalue weighted by Crippen LogP contribution is 2.34. The monoisotopic (exact) mass is 330 g/mol. The Kier molecular flexibility index (Phi) is 4.55. The summed E-state index contributed by atoms with van der Waals surface area (Å²) in [7, 11) is 1.74. The van der Waals surface area contributed by atoms with Crippen LogP contribution in [0.3, 0.4) is 0 Å². The second-order valence-corrected chi connectivity index (χ2v) is 6.71. The molecular formula is C18H22N2O4. The van der Waals surface area contributed by atoms with E-state index in [2.05, 4.69) is 0 Å². The molecule has 2 aliphatic rings. The molecule has 0 aliphatic carbocycles. The normalized spacial score (nSPS) is 27.4. The Morgan fingerprint density at radius 2 is 1.88 bits per heavy atom. The summed E-state index contributed by atoms with van der Waals surface area (Å²) in [5, 5.41) is 9.53. The molecule has 0 bridgehead atoms. The number of amides is 2. The lowest BCUT2D eigenvalue weighted by Crippen LogP contribution is -2.43. The second-order valence-electron chi connectivity index (χ2n) is 6.71. The van der Waals surface area contributed by atoms with Crippen molar-refractivity contribution in [2.24, 2.45) is 11.8 Å². The zero-order chi connectivity index (χ0) is 17.3. The van der Waals surface area contributed by atoms with E-state index in [4.69, 9.17) is 0 Å². The van der Waals surface area contributed by atoms with Gasteiger partial charge in [-0.05, 0) is 12.0 Å². The first-order valence-corrected chi connectivity index (χ1v) is 8.28. The van der Waals surface area contributed by atoms with Crippen molar-refractivity contribution in [2.45, 2.75) is 18.8 Å². The number of rotatable bonds is 3. The van der Waals surface area contributed by atoms with Gasteiger partial charge < -0.3 is 14.9 Å². The highest BCUT2D eigenvalue weighted by molar-refractivity contribution is 5.87. The molecule has 3 rings (SSSR count). The van der Waals surface area contributed by atoms with Crippen LogP contribution in [0.5, 0.6) is 0 Å². The van der Waals surface area contributed by atoms with Crippen LogP contribution in [0.15, 0.2) is 30.3 Å². The van der Waals surface area contributed by atoms with Gasteiger partial charge in [-0.1, -0.05) is 30.3 Å². The minimum atomic E-state index is -0.876. The second kappa shape index (κ2) is 6.63. The van der Waals surface area contributed by atoms with E-state index in [-0.39, 0.29) is 36.6 Å². The number of carbonyl (C=O) groups excluding carboxylic acids is 2. The van der Waals surface area contributed by atoms with Gasteiger partial charge in [0.2, 0.25) is 11.8 Å². The van der Waals surface area contributed by atoms with Crippen LogP contribution in [-0.4, -0.2) is 59.4 Å². The zero-order valence-corrected chi connectivity index (χ0v) is 13.7. The van der Waals surface area contributed by atoms with E-state index >= 15 is 0 Å². The summed E-state index contributed by atoms with van der Waals surface area (Å²) in [6.45, 7) is 1.20. The minimum absolute atomic E-state index is 0.0202. The topological polar surface area (TPSA) is 77.9 Å². The molecule has 0 radical (unpaired) electrons. The maximum Gasteiger partial charge on any atom is 0.308 e. The van der Waals surface area contributed by atoms with Gasteiger partial charge in [-0.15, -0.1) is 0 Å². The first-order chi connectivity index (χ1) is 11.5. The minimum Gasteiger partial charge on any atom is -0.481 e. The summed E-state index contributed by atoms with van der Waals surface area (Å²) in [5.41, 5.74) is 0.944. The van der Waals surface area contributed by atoms with Gasteiger partial charge in [0.1, 0.15) is 0 Å². The molecule has 128 valence electrons. The highest BCUT2D eigenvalue weighted by Gasteiger charge is 2.42. The Labute approximate surface area is 141 Å². The van der Waals surface area contributed by atoms with Crippen molar-refractivity contribution in [3.63, 3.8) is 0 Å². The number of benzene rings is 1. The fourth-order valence-corrected chi connectivity index (χ4v) is 3.68. The van der Waals surface area contributed by atoms with Crippen molar-refractivity contribution in [1.29, 1.82) is 0 Å². The third-order valence-corrected chi connectivity index (χ3v) is 5.19. The van der Waals surface area contributed by atoms with E-state index in [9.17, 15) is 19.5 Å². The molecule has 1 N–H and O–H groups in total. The van der Waals surface area contributed by atoms with E-state index in [1.807, 2.05) is 30.3 Å². The van der Waals surface area contributed by atoms with Gasteiger partial charge in [0.05, 0.1) is 5.92 Å². The summed E-state index contributed by atoms with van der Waals surface area (Å²) in [6.07, 6.45) is 0.866. The molecule has 1 aromatic rings. The highest BCUT2D eigenvalue weighted by atomic mass is 16.4. The number of hydrogen-bond acceptors (Lipinski definition) is 3. The maximum absolute atomic E-state index is 12.8. The molecule has 2 fully saturated rings. The fourth-order valence-electron chi connectivity index (χ4n) is 3.68. The Hall–Kier alpha value is -2.37. The number of carbonyl (C=O) groups is 3. The molecule has 2 heterocycles. The van der Waals surface area contributed by atoms with Crippen molar-refractivity contribution in [1.82, 2.24) is 9.80 Å². The summed E-state index contributed by atoms with van der Waals surface area (Å²) in [5.74, 6) is -2.10. The average Bonchev–Trinajstić information content (AvgIpc) is 3.03. The molecular weight excluding hydrogens is 308 g/mol. The number of likely N-dealkylation sites (tertiary alicyclic amines) is 2. The van der Waals surface area contributed by atoms with Gasteiger partial charge >= 0.3 is 5.97 Å². The summed E-state index contributed by atoms with van der Waals surface area (Å²) < 4.78 is 0. The Bertz CT molecular complexity index is 646. The van der Waals surface area contributed by atoms with E-state index in [0.717, 1.165) is 5.56 Å². The number of aliphatic carboxylic acids is 1. The number of piperidine rings is 1. The molecule has 1 unspecified atom stereocenters. The molecule has 0 spiro atoms. The molecule has 6 heteroatoms. The zero-order valence-electron chi connectivity index (χ0n) is 13.7. The lowest BCUT2D eigenvalue weighted by Gasteiger charge is -2.30. The van der Waals surface area contributed by atoms with Gasteiger partial charge in [-0.2, -0.15) is 0 Å². The molecule has 6 nitrogen and oxygen atoms in total. The molecule has 2 saturated heterocycles. The van der Waals surface area contributed by atoms with E-state index < -0.39 is 11.9 Å². The Morgan fingerprint density at radius 1 is 1.17 bits per heavy atom. The van der Waals surface area contributed by atoms with Crippen LogP contribution in [0.1, 0.15) is 24.3 Å². The first kappa shape index (κ1) is 16.5. The predicted octanol–water partition coefficient (Wildman–Crippen LogP) is 1.18. The van der Waals surface area contributed by atoms with Crippen molar-refractivity contribution in [3.05, 3.63) is 35.9 Å². The van der Waals surface area contributed by atoms with Crippen molar-refractivity contribution >= 4 is 17.8 Å². The third-order valence-electron chi connectivity index (χ3n) is 5.19. The number of carboxylic acids is 1. The van der Waals surface area contributed by atoms with Gasteiger partial charge in [-0.3, -0.25) is 14.4 Å². The van der Waals surface area contributed by atoms with Crippen LogP contribution in [0.2, 0.25) is 0 Å². The number of hydrogen-bond donors (Lipinski definition) is 1. The molecule has 0 saturated carbocycles. The van der Waals surface area contributed by atoms with Gasteiger partial charge in [0, 0.05) is 44.9 Å². The smallest absolute Gasteiger partial charge is 0.308 e. The van der Waals surface area contributed by atoms with Crippen LogP contribution in [0.4, 0.5) is 0 Å². The van der Waals surface area contributed by atoms with E-state index in [0.29, 0.717) is 19.5 Å². The van der Waals surface area contributed by atoms with Crippen LogP contribution in [0.25, 0.3) is 0 Å². The van der Waals surface area contributed by atoms with Crippen LogP contribution < -0.4 is 0 Å². The van der Waals surface area contributed by atoms with Crippen molar-refractivity contribution < 1.29 is 19.5 Å². The summed E-state index contributed by atoms with van der Waals surface area (Å²) >= 11 is 0. The van der Waals surface area contributed by atoms with Crippen molar-refractivity contribution in [3.8, 4) is 0 Å². The van der Waals surface area contributed by atoms with Crippen molar-refractivity contribution in [2.75, 3.05) is 26.7 Å². The van der Waals surface area contributed by atoms with Gasteiger partial charge in [-0.25, -0.2) is 0 Å². The SMILES string of the molecule is CN1CCC(C(=O)N2C[C@H](C(=O)O)[C@H](c3ccccc3)C2)CC1=O. The fraction of sp³-hybridized carbons (Fsp3) is 0.500. The first-order valence-electron chi connectivity index (χ1n) is 8.28. The van der Waals surface area contributed by atoms with Crippen LogP contribution >= 0.6 is 0 Å². The van der Waals surface area contributed by atoms with Crippen LogP contribution in [0, 0.1) is 11.8 Å². The molecule has 1 aromatic carbocycles. The third kappa shape index (κ3) is 3.13. The maximum atomic E-state index is 12.8. The summed E-state index contributed by atoms with van der Waals surface area (Å²) in [6, 6.07) is 9.48. The van der Waals surface area contributed by atoms with Gasteiger partial charge in [0.25, 0.3) is 0 Å². The standard InChI is InChI=1S/C18H22N2O4/c1-19-8-7-13(9-16(19)21)17(22)20-10-14(15(11-20)18(23)24)12-5-3-2-4-6-12/h2-6,13-15H,7-11H2,1H3,(H,23,24)/t13?,14-,15-/m0/s1. The Morgan fingerprint density at radius 3 is 2.50 bits per heavy atom. The predicted molar refractivity (Wildman–Crippen MR) is 87.2 cm³/mol. The lowest BCUT2D eigenvalue weighted by molar-refractivity contribution is -0.145. The molecule has 2 aliphatic heterocycles. The lowest BCUT2D eigenvalue weighted by atomic mass is 9.89. The Balaban J connectivity index is 1.74. The molecule has 24 heavy (non-hydrogen) atoms.